The van der Waals surface area contributed by atoms with Gasteiger partial charge in [-0.1, -0.05) is 0 Å². The molecule has 0 unspecified atom stereocenters. The van der Waals surface area contributed by atoms with Crippen LogP contribution in [0.2, 0.25) is 0 Å². The summed E-state index contributed by atoms with van der Waals surface area (Å²) in [6, 6.07) is 3.94. The summed E-state index contributed by atoms with van der Waals surface area (Å²) >= 11 is 0. The average molecular weight is 352 g/mol. The molecule has 7 nitrogen and oxygen atoms in total. The molecule has 2 heterocycles. The molecule has 2 saturated heterocycles. The number of carboxylic acids is 1. The van der Waals surface area contributed by atoms with Crippen LogP contribution in [0, 0.1) is 11.7 Å². The topological polar surface area (TPSA) is 79.3 Å². The fourth-order valence-corrected chi connectivity index (χ4v) is 3.43. The van der Waals surface area contributed by atoms with Gasteiger partial charge in [0, 0.05) is 31.6 Å². The van der Waals surface area contributed by atoms with Gasteiger partial charge >= 0.3 is 5.97 Å². The summed E-state index contributed by atoms with van der Waals surface area (Å²) in [5.74, 6) is -1.59. The Hall–Kier alpha value is -2.19. The van der Waals surface area contributed by atoms with Crippen LogP contribution in [0.1, 0.15) is 10.4 Å². The van der Waals surface area contributed by atoms with Crippen LogP contribution in [0.15, 0.2) is 18.2 Å². The molecule has 25 heavy (non-hydrogen) atoms. The first kappa shape index (κ1) is 17.6. The van der Waals surface area contributed by atoms with Gasteiger partial charge in [0.05, 0.1) is 38.5 Å². The molecule has 1 N–H and O–H groups in total. The van der Waals surface area contributed by atoms with Crippen LogP contribution in [0.5, 0.6) is 5.75 Å². The Kier molecular flexibility index (Phi) is 5.19. The SMILES string of the molecule is COc1ccc(C(=O)N2C[C@@H]3COC[C@H](C2)N(CC(=O)O)C3)c(F)c1. The summed E-state index contributed by atoms with van der Waals surface area (Å²) in [6.07, 6.45) is 0. The highest BCUT2D eigenvalue weighted by Crippen LogP contribution is 2.23. The van der Waals surface area contributed by atoms with Crippen molar-refractivity contribution in [1.29, 1.82) is 0 Å². The van der Waals surface area contributed by atoms with E-state index in [9.17, 15) is 14.0 Å². The lowest BCUT2D eigenvalue weighted by Gasteiger charge is -2.30. The summed E-state index contributed by atoms with van der Waals surface area (Å²) in [4.78, 5) is 27.3. The van der Waals surface area contributed by atoms with Crippen LogP contribution in [0.4, 0.5) is 4.39 Å². The number of hydrogen-bond donors (Lipinski definition) is 1. The van der Waals surface area contributed by atoms with E-state index in [4.69, 9.17) is 14.6 Å². The van der Waals surface area contributed by atoms with Crippen LogP contribution in [0.25, 0.3) is 0 Å². The molecule has 1 aromatic rings. The highest BCUT2D eigenvalue weighted by Gasteiger charge is 2.36. The zero-order valence-electron chi connectivity index (χ0n) is 14.0. The lowest BCUT2D eigenvalue weighted by Crippen LogP contribution is -2.47. The minimum Gasteiger partial charge on any atom is -0.497 e. The van der Waals surface area contributed by atoms with Gasteiger partial charge in [-0.2, -0.15) is 0 Å². The quantitative estimate of drug-likeness (QED) is 0.859. The number of ether oxygens (including phenoxy) is 2. The number of rotatable bonds is 4. The number of fused-ring (bicyclic) bond motifs is 3. The van der Waals surface area contributed by atoms with Gasteiger partial charge in [-0.05, 0) is 12.1 Å². The molecule has 0 radical (unpaired) electrons. The van der Waals surface area contributed by atoms with Gasteiger partial charge in [-0.15, -0.1) is 0 Å². The van der Waals surface area contributed by atoms with Gasteiger partial charge in [-0.3, -0.25) is 14.5 Å². The number of carboxylic acid groups (broad SMARTS) is 1. The van der Waals surface area contributed by atoms with Crippen molar-refractivity contribution in [1.82, 2.24) is 9.80 Å². The van der Waals surface area contributed by atoms with Crippen molar-refractivity contribution in [3.8, 4) is 5.75 Å². The van der Waals surface area contributed by atoms with Crippen molar-refractivity contribution in [2.24, 2.45) is 5.92 Å². The number of benzene rings is 1. The van der Waals surface area contributed by atoms with Crippen LogP contribution in [-0.2, 0) is 9.53 Å². The first-order chi connectivity index (χ1) is 12.0. The number of aliphatic carboxylic acids is 1. The van der Waals surface area contributed by atoms with Crippen molar-refractivity contribution in [2.45, 2.75) is 6.04 Å². The maximum atomic E-state index is 14.2. The van der Waals surface area contributed by atoms with E-state index in [0.717, 1.165) is 0 Å². The highest BCUT2D eigenvalue weighted by molar-refractivity contribution is 5.94. The summed E-state index contributed by atoms with van der Waals surface area (Å²) in [5, 5.41) is 9.09. The molecule has 1 amide bonds. The Balaban J connectivity index is 1.81. The molecule has 2 aliphatic heterocycles. The zero-order chi connectivity index (χ0) is 18.0. The Bertz CT molecular complexity index is 668. The number of methoxy groups -OCH3 is 1. The normalized spacial score (nSPS) is 23.8. The van der Waals surface area contributed by atoms with Crippen molar-refractivity contribution in [2.75, 3.05) is 46.5 Å². The minimum atomic E-state index is -0.911. The number of carbonyl (C=O) groups is 2. The van der Waals surface area contributed by atoms with Gasteiger partial charge < -0.3 is 19.5 Å². The first-order valence-electron chi connectivity index (χ1n) is 8.14. The second-order valence-electron chi connectivity index (χ2n) is 6.44. The summed E-state index contributed by atoms with van der Waals surface area (Å²) in [5.41, 5.74) is -0.00789. The predicted octanol–water partition coefficient (Wildman–Crippen LogP) is 0.692. The maximum Gasteiger partial charge on any atom is 0.317 e. The third kappa shape index (κ3) is 3.91. The largest absolute Gasteiger partial charge is 0.497 e. The van der Waals surface area contributed by atoms with Gasteiger partial charge in [0.15, 0.2) is 0 Å². The minimum absolute atomic E-state index is 0.00268. The summed E-state index contributed by atoms with van der Waals surface area (Å²) in [7, 11) is 1.43. The highest BCUT2D eigenvalue weighted by atomic mass is 19.1. The fraction of sp³-hybridized carbons (Fsp3) is 0.529. The average Bonchev–Trinajstić information content (AvgIpc) is 2.83. The molecule has 3 rings (SSSR count). The van der Waals surface area contributed by atoms with Gasteiger partial charge in [0.1, 0.15) is 11.6 Å². The zero-order valence-corrected chi connectivity index (χ0v) is 14.0. The van der Waals surface area contributed by atoms with E-state index < -0.39 is 17.7 Å². The molecule has 8 heteroatoms. The van der Waals surface area contributed by atoms with Crippen LogP contribution in [-0.4, -0.2) is 79.3 Å². The van der Waals surface area contributed by atoms with E-state index >= 15 is 0 Å². The molecule has 1 aromatic carbocycles. The molecule has 2 fully saturated rings. The maximum absolute atomic E-state index is 14.2. The van der Waals surface area contributed by atoms with E-state index in [1.54, 1.807) is 11.0 Å². The second kappa shape index (κ2) is 7.37. The molecular formula is C17H21FN2O5. The van der Waals surface area contributed by atoms with E-state index in [-0.39, 0.29) is 24.1 Å². The Morgan fingerprint density at radius 3 is 2.80 bits per heavy atom. The van der Waals surface area contributed by atoms with Gasteiger partial charge in [0.25, 0.3) is 5.91 Å². The number of halogens is 1. The third-order valence-corrected chi connectivity index (χ3v) is 4.61. The summed E-state index contributed by atoms with van der Waals surface area (Å²) < 4.78 is 24.8. The second-order valence-corrected chi connectivity index (χ2v) is 6.44. The molecule has 0 aliphatic carbocycles. The Morgan fingerprint density at radius 1 is 1.32 bits per heavy atom. The molecule has 0 spiro atoms. The Labute approximate surface area is 144 Å². The lowest BCUT2D eigenvalue weighted by molar-refractivity contribution is -0.139. The van der Waals surface area contributed by atoms with Gasteiger partial charge in [0.2, 0.25) is 0 Å². The van der Waals surface area contributed by atoms with E-state index in [1.165, 1.54) is 19.2 Å². The molecule has 2 aliphatic rings. The molecule has 0 saturated carbocycles. The van der Waals surface area contributed by atoms with Crippen molar-refractivity contribution < 1.29 is 28.6 Å². The molecule has 2 atom stereocenters. The summed E-state index contributed by atoms with van der Waals surface area (Å²) in [6.45, 7) is 2.00. The first-order valence-corrected chi connectivity index (χ1v) is 8.14. The number of amides is 1. The van der Waals surface area contributed by atoms with E-state index in [1.807, 2.05) is 4.90 Å². The van der Waals surface area contributed by atoms with Crippen LogP contribution < -0.4 is 4.74 Å². The lowest BCUT2D eigenvalue weighted by atomic mass is 10.1. The number of carbonyl (C=O) groups excluding carboxylic acids is 1. The molecular weight excluding hydrogens is 331 g/mol. The third-order valence-electron chi connectivity index (χ3n) is 4.61. The smallest absolute Gasteiger partial charge is 0.317 e. The van der Waals surface area contributed by atoms with E-state index in [0.29, 0.717) is 38.6 Å². The Morgan fingerprint density at radius 2 is 2.12 bits per heavy atom. The molecule has 136 valence electrons. The fourth-order valence-electron chi connectivity index (χ4n) is 3.43. The van der Waals surface area contributed by atoms with Crippen molar-refractivity contribution >= 4 is 11.9 Å². The van der Waals surface area contributed by atoms with Crippen LogP contribution in [0.3, 0.4) is 0 Å². The number of hydrogen-bond acceptors (Lipinski definition) is 5. The van der Waals surface area contributed by atoms with Gasteiger partial charge in [-0.25, -0.2) is 4.39 Å². The van der Waals surface area contributed by atoms with Crippen molar-refractivity contribution in [3.63, 3.8) is 0 Å². The number of nitrogens with zero attached hydrogens (tertiary/aromatic N) is 2. The van der Waals surface area contributed by atoms with Crippen molar-refractivity contribution in [3.05, 3.63) is 29.6 Å². The predicted molar refractivity (Wildman–Crippen MR) is 86.2 cm³/mol. The molecule has 2 bridgehead atoms. The van der Waals surface area contributed by atoms with Crippen LogP contribution >= 0.6 is 0 Å². The van der Waals surface area contributed by atoms with E-state index in [2.05, 4.69) is 0 Å². The standard InChI is InChI=1S/C17H21FN2O5/c1-24-13-2-3-14(15(18)4-13)17(23)20-6-11-5-19(8-16(21)22)12(7-20)10-25-9-11/h2-4,11-12H,5-10H2,1H3,(H,21,22)/t11-,12+/m1/s1. The monoisotopic (exact) mass is 352 g/mol. The molecule has 0 aromatic heterocycles.